The molecule has 1 N–H and O–H groups in total. The topological polar surface area (TPSA) is 99.4 Å². The van der Waals surface area contributed by atoms with Crippen molar-refractivity contribution in [3.8, 4) is 5.88 Å². The molecule has 112 valence electrons. The van der Waals surface area contributed by atoms with E-state index in [1.165, 1.54) is 13.4 Å². The molecule has 0 spiro atoms. The van der Waals surface area contributed by atoms with Crippen molar-refractivity contribution in [2.45, 2.75) is 26.8 Å². The van der Waals surface area contributed by atoms with Gasteiger partial charge in [0, 0.05) is 6.61 Å². The molecule has 0 radical (unpaired) electrons. The van der Waals surface area contributed by atoms with Gasteiger partial charge in [0.1, 0.15) is 6.33 Å². The van der Waals surface area contributed by atoms with E-state index in [2.05, 4.69) is 15.3 Å². The first kappa shape index (κ1) is 16.1. The molecule has 8 heteroatoms. The third-order valence-electron chi connectivity index (χ3n) is 2.79. The van der Waals surface area contributed by atoms with Crippen LogP contribution in [0.4, 0.5) is 11.5 Å². The SMILES string of the molecule is CCOCC(Nc1ncnc(OC)c1[N+](=O)[O-])C(C)C. The van der Waals surface area contributed by atoms with Crippen LogP contribution >= 0.6 is 0 Å². The minimum Gasteiger partial charge on any atom is -0.476 e. The Morgan fingerprint density at radius 3 is 2.65 bits per heavy atom. The van der Waals surface area contributed by atoms with Crippen LogP contribution in [0.25, 0.3) is 0 Å². The van der Waals surface area contributed by atoms with Crippen molar-refractivity contribution in [1.29, 1.82) is 0 Å². The molecule has 0 amide bonds. The average Bonchev–Trinajstić information content (AvgIpc) is 2.42. The predicted molar refractivity (Wildman–Crippen MR) is 74.0 cm³/mol. The molecule has 0 bridgehead atoms. The smallest absolute Gasteiger partial charge is 0.372 e. The first-order valence-electron chi connectivity index (χ1n) is 6.38. The number of ether oxygens (including phenoxy) is 2. The van der Waals surface area contributed by atoms with Gasteiger partial charge in [0.15, 0.2) is 0 Å². The van der Waals surface area contributed by atoms with E-state index in [9.17, 15) is 10.1 Å². The summed E-state index contributed by atoms with van der Waals surface area (Å²) in [7, 11) is 1.33. The Bertz CT molecular complexity index is 453. The van der Waals surface area contributed by atoms with Gasteiger partial charge >= 0.3 is 5.69 Å². The van der Waals surface area contributed by atoms with Crippen molar-refractivity contribution in [2.24, 2.45) is 5.92 Å². The molecule has 1 heterocycles. The van der Waals surface area contributed by atoms with Crippen molar-refractivity contribution in [3.05, 3.63) is 16.4 Å². The zero-order valence-electron chi connectivity index (χ0n) is 12.1. The number of hydrogen-bond donors (Lipinski definition) is 1. The largest absolute Gasteiger partial charge is 0.476 e. The molecule has 0 aliphatic heterocycles. The van der Waals surface area contributed by atoms with E-state index in [0.29, 0.717) is 13.2 Å². The first-order chi connectivity index (χ1) is 9.51. The Morgan fingerprint density at radius 1 is 1.45 bits per heavy atom. The standard InChI is InChI=1S/C12H20N4O4/c1-5-20-6-9(8(2)3)15-11-10(16(17)18)12(19-4)14-7-13-11/h7-9H,5-6H2,1-4H3,(H,13,14,15). The number of anilines is 1. The summed E-state index contributed by atoms with van der Waals surface area (Å²) in [5, 5.41) is 14.2. The summed E-state index contributed by atoms with van der Waals surface area (Å²) in [4.78, 5) is 18.3. The van der Waals surface area contributed by atoms with Crippen molar-refractivity contribution < 1.29 is 14.4 Å². The lowest BCUT2D eigenvalue weighted by Gasteiger charge is -2.22. The van der Waals surface area contributed by atoms with Gasteiger partial charge in [0.25, 0.3) is 5.88 Å². The third kappa shape index (κ3) is 4.02. The van der Waals surface area contributed by atoms with Gasteiger partial charge in [-0.15, -0.1) is 0 Å². The van der Waals surface area contributed by atoms with E-state index in [1.807, 2.05) is 20.8 Å². The number of nitrogens with one attached hydrogen (secondary N) is 1. The molecule has 1 unspecified atom stereocenters. The molecule has 1 aromatic rings. The number of nitrogens with zero attached hydrogens (tertiary/aromatic N) is 3. The lowest BCUT2D eigenvalue weighted by Crippen LogP contribution is -2.31. The Balaban J connectivity index is 3.02. The fourth-order valence-electron chi connectivity index (χ4n) is 1.60. The minimum atomic E-state index is -0.556. The van der Waals surface area contributed by atoms with Crippen molar-refractivity contribution in [1.82, 2.24) is 9.97 Å². The summed E-state index contributed by atoms with van der Waals surface area (Å²) >= 11 is 0. The highest BCUT2D eigenvalue weighted by Crippen LogP contribution is 2.31. The number of nitro groups is 1. The Hall–Kier alpha value is -1.96. The Kier molecular flexibility index (Phi) is 6.10. The second-order valence-corrected chi connectivity index (χ2v) is 4.49. The van der Waals surface area contributed by atoms with Crippen LogP contribution in [0.5, 0.6) is 5.88 Å². The molecule has 0 fully saturated rings. The molecule has 8 nitrogen and oxygen atoms in total. The van der Waals surface area contributed by atoms with Gasteiger partial charge in [-0.2, -0.15) is 4.98 Å². The van der Waals surface area contributed by atoms with Gasteiger partial charge in [-0.25, -0.2) is 4.98 Å². The molecule has 20 heavy (non-hydrogen) atoms. The van der Waals surface area contributed by atoms with Gasteiger partial charge in [-0.05, 0) is 12.8 Å². The average molecular weight is 284 g/mol. The molecule has 0 saturated carbocycles. The summed E-state index contributed by atoms with van der Waals surface area (Å²) in [6, 6.07) is -0.0896. The van der Waals surface area contributed by atoms with Gasteiger partial charge < -0.3 is 14.8 Å². The molecular weight excluding hydrogens is 264 g/mol. The zero-order valence-corrected chi connectivity index (χ0v) is 12.1. The number of hydrogen-bond acceptors (Lipinski definition) is 7. The van der Waals surface area contributed by atoms with Crippen molar-refractivity contribution in [3.63, 3.8) is 0 Å². The van der Waals surface area contributed by atoms with Crippen molar-refractivity contribution in [2.75, 3.05) is 25.6 Å². The summed E-state index contributed by atoms with van der Waals surface area (Å²) in [6.45, 7) is 6.92. The van der Waals surface area contributed by atoms with E-state index in [4.69, 9.17) is 9.47 Å². The molecule has 0 aromatic carbocycles. The van der Waals surface area contributed by atoms with Crippen LogP contribution in [-0.2, 0) is 4.74 Å². The quantitative estimate of drug-likeness (QED) is 0.574. The predicted octanol–water partition coefficient (Wildman–Crippen LogP) is 1.87. The molecule has 1 atom stereocenters. The van der Waals surface area contributed by atoms with Crippen LogP contribution in [0.15, 0.2) is 6.33 Å². The van der Waals surface area contributed by atoms with E-state index in [-0.39, 0.29) is 29.3 Å². The molecule has 1 rings (SSSR count). The van der Waals surface area contributed by atoms with E-state index >= 15 is 0 Å². The normalized spacial score (nSPS) is 12.2. The molecule has 0 saturated heterocycles. The Morgan fingerprint density at radius 2 is 2.15 bits per heavy atom. The van der Waals surface area contributed by atoms with E-state index < -0.39 is 4.92 Å². The van der Waals surface area contributed by atoms with E-state index in [1.54, 1.807) is 0 Å². The van der Waals surface area contributed by atoms with Crippen LogP contribution in [-0.4, -0.2) is 41.3 Å². The van der Waals surface area contributed by atoms with Crippen LogP contribution in [0.3, 0.4) is 0 Å². The highest BCUT2D eigenvalue weighted by molar-refractivity contribution is 5.61. The molecule has 0 aliphatic carbocycles. The maximum atomic E-state index is 11.1. The summed E-state index contributed by atoms with van der Waals surface area (Å²) in [5.74, 6) is 0.300. The fraction of sp³-hybridized carbons (Fsp3) is 0.667. The van der Waals surface area contributed by atoms with Gasteiger partial charge in [-0.1, -0.05) is 13.8 Å². The Labute approximate surface area is 117 Å². The fourth-order valence-corrected chi connectivity index (χ4v) is 1.60. The highest BCUT2D eigenvalue weighted by Gasteiger charge is 2.26. The van der Waals surface area contributed by atoms with Crippen LogP contribution < -0.4 is 10.1 Å². The van der Waals surface area contributed by atoms with Gasteiger partial charge in [0.05, 0.1) is 24.7 Å². The summed E-state index contributed by atoms with van der Waals surface area (Å²) < 4.78 is 10.3. The van der Waals surface area contributed by atoms with Gasteiger partial charge in [0.2, 0.25) is 5.82 Å². The number of rotatable bonds is 8. The highest BCUT2D eigenvalue weighted by atomic mass is 16.6. The van der Waals surface area contributed by atoms with Crippen LogP contribution in [0.2, 0.25) is 0 Å². The lowest BCUT2D eigenvalue weighted by molar-refractivity contribution is -0.385. The monoisotopic (exact) mass is 284 g/mol. The second kappa shape index (κ2) is 7.59. The maximum absolute atomic E-state index is 11.1. The third-order valence-corrected chi connectivity index (χ3v) is 2.79. The lowest BCUT2D eigenvalue weighted by atomic mass is 10.1. The summed E-state index contributed by atoms with van der Waals surface area (Å²) in [6.07, 6.45) is 1.23. The maximum Gasteiger partial charge on any atom is 0.372 e. The van der Waals surface area contributed by atoms with Crippen LogP contribution in [0, 0.1) is 16.0 Å². The zero-order chi connectivity index (χ0) is 15.1. The molecular formula is C12H20N4O4. The number of aromatic nitrogens is 2. The second-order valence-electron chi connectivity index (χ2n) is 4.49. The number of methoxy groups -OCH3 is 1. The van der Waals surface area contributed by atoms with Crippen molar-refractivity contribution >= 4 is 11.5 Å². The van der Waals surface area contributed by atoms with E-state index in [0.717, 1.165) is 0 Å². The molecule has 0 aliphatic rings. The minimum absolute atomic E-state index is 0.0635. The summed E-state index contributed by atoms with van der Waals surface area (Å²) in [5.41, 5.74) is -0.267. The van der Waals surface area contributed by atoms with Crippen LogP contribution in [0.1, 0.15) is 20.8 Å². The van der Waals surface area contributed by atoms with Gasteiger partial charge in [-0.3, -0.25) is 10.1 Å². The molecule has 1 aromatic heterocycles. The first-order valence-corrected chi connectivity index (χ1v) is 6.38.